The molecule has 3 aromatic heterocycles. The van der Waals surface area contributed by atoms with Crippen molar-refractivity contribution < 1.29 is 4.74 Å². The van der Waals surface area contributed by atoms with Gasteiger partial charge in [-0.1, -0.05) is 29.3 Å². The molecule has 4 aromatic rings. The third-order valence-electron chi connectivity index (χ3n) is 4.93. The number of benzene rings is 1. The van der Waals surface area contributed by atoms with Crippen LogP contribution in [-0.2, 0) is 11.3 Å². The van der Waals surface area contributed by atoms with Gasteiger partial charge in [0.2, 0.25) is 0 Å². The maximum Gasteiger partial charge on any atom is 0.124 e. The van der Waals surface area contributed by atoms with Crippen molar-refractivity contribution in [1.29, 1.82) is 0 Å². The SMILES string of the molecule is C#Cc1cccc(-c2cc(-c3cn(Cc4cccc(C(C)OC)n4)nn3)cc(N)n2)c1. The van der Waals surface area contributed by atoms with Crippen molar-refractivity contribution in [2.24, 2.45) is 0 Å². The van der Waals surface area contributed by atoms with Crippen LogP contribution in [0.5, 0.6) is 0 Å². The highest BCUT2D eigenvalue weighted by Crippen LogP contribution is 2.26. The number of nitrogens with two attached hydrogens (primary N) is 1. The van der Waals surface area contributed by atoms with Crippen LogP contribution < -0.4 is 5.73 Å². The summed E-state index contributed by atoms with van der Waals surface area (Å²) in [5.74, 6) is 3.04. The lowest BCUT2D eigenvalue weighted by Gasteiger charge is -2.10. The molecule has 7 heteroatoms. The number of nitrogen functional groups attached to an aromatic ring is 1. The number of pyridine rings is 2. The zero-order valence-electron chi connectivity index (χ0n) is 17.4. The van der Waals surface area contributed by atoms with Crippen LogP contribution in [-0.4, -0.2) is 32.1 Å². The van der Waals surface area contributed by atoms with E-state index < -0.39 is 0 Å². The van der Waals surface area contributed by atoms with E-state index in [-0.39, 0.29) is 6.10 Å². The molecule has 0 fully saturated rings. The molecule has 4 rings (SSSR count). The van der Waals surface area contributed by atoms with Crippen LogP contribution in [0.3, 0.4) is 0 Å². The van der Waals surface area contributed by atoms with Gasteiger partial charge in [-0.15, -0.1) is 11.5 Å². The van der Waals surface area contributed by atoms with E-state index in [0.717, 1.165) is 33.8 Å². The van der Waals surface area contributed by atoms with Gasteiger partial charge in [-0.05, 0) is 43.3 Å². The molecule has 1 aromatic carbocycles. The summed E-state index contributed by atoms with van der Waals surface area (Å²) in [7, 11) is 1.67. The number of aromatic nitrogens is 5. The summed E-state index contributed by atoms with van der Waals surface area (Å²) in [5.41, 5.74) is 11.7. The molecule has 154 valence electrons. The molecule has 0 amide bonds. The van der Waals surface area contributed by atoms with Crippen LogP contribution in [0.25, 0.3) is 22.5 Å². The van der Waals surface area contributed by atoms with Gasteiger partial charge in [-0.3, -0.25) is 4.98 Å². The molecular formula is C24H22N6O. The summed E-state index contributed by atoms with van der Waals surface area (Å²) in [6.45, 7) is 2.46. The maximum absolute atomic E-state index is 6.06. The van der Waals surface area contributed by atoms with Crippen LogP contribution >= 0.6 is 0 Å². The monoisotopic (exact) mass is 410 g/mol. The van der Waals surface area contributed by atoms with E-state index in [0.29, 0.717) is 18.1 Å². The lowest BCUT2D eigenvalue weighted by molar-refractivity contribution is 0.116. The molecule has 0 aliphatic heterocycles. The second kappa shape index (κ2) is 8.78. The average Bonchev–Trinajstić information content (AvgIpc) is 3.27. The first-order chi connectivity index (χ1) is 15.1. The predicted octanol–water partition coefficient (Wildman–Crippen LogP) is 3.72. The molecule has 0 spiro atoms. The molecule has 0 aliphatic rings. The van der Waals surface area contributed by atoms with Crippen LogP contribution in [0.1, 0.15) is 30.0 Å². The Balaban J connectivity index is 1.61. The Labute approximate surface area is 180 Å². The van der Waals surface area contributed by atoms with E-state index in [1.807, 2.05) is 61.7 Å². The first-order valence-corrected chi connectivity index (χ1v) is 9.79. The van der Waals surface area contributed by atoms with Crippen molar-refractivity contribution in [2.75, 3.05) is 12.8 Å². The normalized spacial score (nSPS) is 11.8. The highest BCUT2D eigenvalue weighted by atomic mass is 16.5. The van der Waals surface area contributed by atoms with Crippen LogP contribution in [0.15, 0.2) is 60.8 Å². The molecular weight excluding hydrogens is 388 g/mol. The fourth-order valence-electron chi connectivity index (χ4n) is 3.22. The number of rotatable bonds is 6. The molecule has 0 aliphatic carbocycles. The Morgan fingerprint density at radius 1 is 1.06 bits per heavy atom. The van der Waals surface area contributed by atoms with Gasteiger partial charge in [-0.2, -0.15) is 0 Å². The molecule has 1 unspecified atom stereocenters. The third kappa shape index (κ3) is 4.60. The van der Waals surface area contributed by atoms with Gasteiger partial charge < -0.3 is 10.5 Å². The number of hydrogen-bond acceptors (Lipinski definition) is 6. The molecule has 0 saturated carbocycles. The second-order valence-electron chi connectivity index (χ2n) is 7.12. The smallest absolute Gasteiger partial charge is 0.124 e. The minimum atomic E-state index is -0.0718. The minimum absolute atomic E-state index is 0.0718. The Morgan fingerprint density at radius 2 is 1.90 bits per heavy atom. The van der Waals surface area contributed by atoms with Gasteiger partial charge >= 0.3 is 0 Å². The first-order valence-electron chi connectivity index (χ1n) is 9.79. The van der Waals surface area contributed by atoms with E-state index in [1.165, 1.54) is 0 Å². The van der Waals surface area contributed by atoms with Crippen molar-refractivity contribution in [1.82, 2.24) is 25.0 Å². The highest BCUT2D eigenvalue weighted by molar-refractivity contribution is 5.71. The maximum atomic E-state index is 6.06. The lowest BCUT2D eigenvalue weighted by Crippen LogP contribution is -2.06. The number of methoxy groups -OCH3 is 1. The van der Waals surface area contributed by atoms with E-state index in [9.17, 15) is 0 Å². The average molecular weight is 410 g/mol. The van der Waals surface area contributed by atoms with Gasteiger partial charge in [0.1, 0.15) is 11.5 Å². The summed E-state index contributed by atoms with van der Waals surface area (Å²) in [5, 5.41) is 8.56. The van der Waals surface area contributed by atoms with E-state index in [2.05, 4.69) is 26.2 Å². The number of ether oxygens (including phenoxy) is 1. The third-order valence-corrected chi connectivity index (χ3v) is 4.93. The zero-order chi connectivity index (χ0) is 21.8. The number of hydrogen-bond donors (Lipinski definition) is 1. The summed E-state index contributed by atoms with van der Waals surface area (Å²) < 4.78 is 7.10. The van der Waals surface area contributed by atoms with Crippen LogP contribution in [0.2, 0.25) is 0 Å². The van der Waals surface area contributed by atoms with Gasteiger partial charge in [0.05, 0.1) is 35.9 Å². The van der Waals surface area contributed by atoms with Crippen molar-refractivity contribution in [3.05, 3.63) is 77.7 Å². The molecule has 31 heavy (non-hydrogen) atoms. The van der Waals surface area contributed by atoms with Gasteiger partial charge in [0.25, 0.3) is 0 Å². The number of terminal acetylenes is 1. The Bertz CT molecular complexity index is 1260. The summed E-state index contributed by atoms with van der Waals surface area (Å²) >= 11 is 0. The van der Waals surface area contributed by atoms with E-state index >= 15 is 0 Å². The van der Waals surface area contributed by atoms with Gasteiger partial charge in [0.15, 0.2) is 0 Å². The molecule has 0 saturated heterocycles. The van der Waals surface area contributed by atoms with Crippen molar-refractivity contribution in [2.45, 2.75) is 19.6 Å². The van der Waals surface area contributed by atoms with E-state index in [4.69, 9.17) is 16.9 Å². The molecule has 0 bridgehead atoms. The Morgan fingerprint density at radius 3 is 2.71 bits per heavy atom. The molecule has 7 nitrogen and oxygen atoms in total. The highest BCUT2D eigenvalue weighted by Gasteiger charge is 2.11. The molecule has 2 N–H and O–H groups in total. The minimum Gasteiger partial charge on any atom is -0.384 e. The molecule has 0 radical (unpaired) electrons. The van der Waals surface area contributed by atoms with Gasteiger partial charge in [0, 0.05) is 23.8 Å². The number of nitrogens with zero attached hydrogens (tertiary/aromatic N) is 5. The fraction of sp³-hybridized carbons (Fsp3) is 0.167. The van der Waals surface area contributed by atoms with Crippen LogP contribution in [0.4, 0.5) is 5.82 Å². The summed E-state index contributed by atoms with van der Waals surface area (Å²) in [6.07, 6.45) is 7.31. The summed E-state index contributed by atoms with van der Waals surface area (Å²) in [6, 6.07) is 17.2. The largest absolute Gasteiger partial charge is 0.384 e. The first kappa shape index (κ1) is 20.3. The standard InChI is InChI=1S/C24H22N6O/c1-4-17-7-5-8-18(11-17)22-12-19(13-24(25)27-22)23-15-30(29-28-23)14-20-9-6-10-21(26-20)16(2)31-3/h1,5-13,15-16H,14H2,2-3H3,(H2,25,27). The Kier molecular flexibility index (Phi) is 5.74. The second-order valence-corrected chi connectivity index (χ2v) is 7.12. The predicted molar refractivity (Wildman–Crippen MR) is 120 cm³/mol. The quantitative estimate of drug-likeness (QED) is 0.487. The van der Waals surface area contributed by atoms with Crippen molar-refractivity contribution in [3.8, 4) is 34.9 Å². The van der Waals surface area contributed by atoms with Gasteiger partial charge in [-0.25, -0.2) is 9.67 Å². The summed E-state index contributed by atoms with van der Waals surface area (Å²) in [4.78, 5) is 9.09. The van der Waals surface area contributed by atoms with E-state index in [1.54, 1.807) is 17.9 Å². The molecule has 1 atom stereocenters. The molecule has 3 heterocycles. The van der Waals surface area contributed by atoms with Crippen molar-refractivity contribution >= 4 is 5.82 Å². The topological polar surface area (TPSA) is 91.7 Å². The number of anilines is 1. The Hall–Kier alpha value is -4.02. The lowest BCUT2D eigenvalue weighted by atomic mass is 10.1. The fourth-order valence-corrected chi connectivity index (χ4v) is 3.22. The zero-order valence-corrected chi connectivity index (χ0v) is 17.4. The van der Waals surface area contributed by atoms with Crippen molar-refractivity contribution in [3.63, 3.8) is 0 Å². The van der Waals surface area contributed by atoms with Crippen LogP contribution in [0, 0.1) is 12.3 Å².